The summed E-state index contributed by atoms with van der Waals surface area (Å²) < 4.78 is 8.86. The molecule has 298 valence electrons. The molecule has 6 heterocycles. The number of anilines is 4. The van der Waals surface area contributed by atoms with E-state index < -0.39 is 5.92 Å². The van der Waals surface area contributed by atoms with Crippen LogP contribution in [0.1, 0.15) is 56.6 Å². The second-order valence-corrected chi connectivity index (χ2v) is 15.8. The van der Waals surface area contributed by atoms with Crippen molar-refractivity contribution < 1.29 is 19.1 Å². The molecule has 1 atom stereocenters. The normalized spacial score (nSPS) is 18.3. The zero-order chi connectivity index (χ0) is 39.8. The number of hydrogen-bond acceptors (Lipinski definition) is 11. The number of carbonyl (C=O) groups excluding carboxylic acids is 3. The zero-order valence-electron chi connectivity index (χ0n) is 32.4. The number of nitrogens with zero attached hydrogens (tertiary/aromatic N) is 7. The molecule has 2 aromatic carbocycles. The molecule has 0 saturated carbocycles. The molecule has 3 fully saturated rings. The predicted octanol–water partition coefficient (Wildman–Crippen LogP) is 4.78. The van der Waals surface area contributed by atoms with Gasteiger partial charge in [-0.1, -0.05) is 11.6 Å². The van der Waals surface area contributed by atoms with Crippen LogP contribution in [0.25, 0.3) is 21.8 Å². The Morgan fingerprint density at radius 3 is 2.39 bits per heavy atom. The third-order valence-corrected chi connectivity index (χ3v) is 12.1. The summed E-state index contributed by atoms with van der Waals surface area (Å²) in [4.78, 5) is 62.8. The number of imide groups is 1. The Kier molecular flexibility index (Phi) is 10.7. The summed E-state index contributed by atoms with van der Waals surface area (Å²) in [6.45, 7) is 3.50. The third-order valence-electron chi connectivity index (χ3n) is 11.8. The van der Waals surface area contributed by atoms with E-state index in [4.69, 9.17) is 26.4 Å². The van der Waals surface area contributed by atoms with Crippen molar-refractivity contribution in [3.63, 3.8) is 0 Å². The number of benzene rings is 2. The summed E-state index contributed by atoms with van der Waals surface area (Å²) in [7, 11) is 5.09. The molecule has 3 aliphatic heterocycles. The highest BCUT2D eigenvalue weighted by atomic mass is 35.5. The quantitative estimate of drug-likeness (QED) is 0.167. The van der Waals surface area contributed by atoms with E-state index in [1.807, 2.05) is 29.9 Å². The lowest BCUT2D eigenvalue weighted by Gasteiger charge is -2.37. The minimum Gasteiger partial charge on any atom is -0.478 e. The number of fused-ring (bicyclic) bond motifs is 2. The van der Waals surface area contributed by atoms with Crippen LogP contribution in [-0.2, 0) is 28.5 Å². The number of nitrogens with one attached hydrogen (secondary N) is 3. The topological polar surface area (TPSA) is 169 Å². The second-order valence-electron chi connectivity index (χ2n) is 15.4. The first-order valence-corrected chi connectivity index (χ1v) is 20.0. The molecule has 15 nitrogen and oxygen atoms in total. The Bertz CT molecular complexity index is 2410. The molecule has 8 rings (SSSR count). The smallest absolute Gasteiger partial charge is 0.293 e. The molecule has 0 bridgehead atoms. The number of aryl methyl sites for hydroxylation is 2. The number of ether oxygens (including phenoxy) is 1. The van der Waals surface area contributed by atoms with Gasteiger partial charge in [0.25, 0.3) is 11.5 Å². The van der Waals surface area contributed by atoms with Gasteiger partial charge in [-0.25, -0.2) is 4.98 Å². The molecule has 57 heavy (non-hydrogen) atoms. The fourth-order valence-corrected chi connectivity index (χ4v) is 8.67. The van der Waals surface area contributed by atoms with Crippen LogP contribution in [0.2, 0.25) is 5.02 Å². The van der Waals surface area contributed by atoms with Gasteiger partial charge in [0.2, 0.25) is 17.8 Å². The van der Waals surface area contributed by atoms with E-state index >= 15 is 0 Å². The second kappa shape index (κ2) is 16.0. The Hall–Kier alpha value is -5.70. The maximum atomic E-state index is 12.8. The average Bonchev–Trinajstić information content (AvgIpc) is 3.54. The Morgan fingerprint density at radius 1 is 0.930 bits per heavy atom. The van der Waals surface area contributed by atoms with E-state index in [2.05, 4.69) is 48.9 Å². The molecule has 3 N–H and O–H groups in total. The van der Waals surface area contributed by atoms with Crippen molar-refractivity contribution in [2.45, 2.75) is 50.9 Å². The number of likely N-dealkylation sites (N-methyl/N-ethyl adjacent to an activating group) is 1. The van der Waals surface area contributed by atoms with Crippen molar-refractivity contribution in [3.8, 4) is 5.75 Å². The molecule has 3 aliphatic rings. The lowest BCUT2D eigenvalue weighted by Crippen LogP contribution is -2.39. The third kappa shape index (κ3) is 7.98. The first-order chi connectivity index (χ1) is 27.5. The largest absolute Gasteiger partial charge is 0.478 e. The van der Waals surface area contributed by atoms with Gasteiger partial charge in [0.15, 0.2) is 18.2 Å². The first kappa shape index (κ1) is 38.2. The van der Waals surface area contributed by atoms with Gasteiger partial charge >= 0.3 is 0 Å². The van der Waals surface area contributed by atoms with Crippen LogP contribution < -0.4 is 36.0 Å². The monoisotopic (exact) mass is 794 g/mol. The molecule has 0 aliphatic carbocycles. The van der Waals surface area contributed by atoms with Crippen LogP contribution in [0.15, 0.2) is 53.5 Å². The van der Waals surface area contributed by atoms with E-state index in [1.54, 1.807) is 19.3 Å². The highest BCUT2D eigenvalue weighted by molar-refractivity contribution is 6.33. The number of rotatable bonds is 10. The van der Waals surface area contributed by atoms with Gasteiger partial charge in [-0.3, -0.25) is 29.2 Å². The molecule has 1 unspecified atom stereocenters. The van der Waals surface area contributed by atoms with Gasteiger partial charge in [-0.2, -0.15) is 10.1 Å². The Labute approximate surface area is 334 Å². The number of halogens is 1. The average molecular weight is 795 g/mol. The van der Waals surface area contributed by atoms with Gasteiger partial charge in [-0.15, -0.1) is 0 Å². The number of carbonyl (C=O) groups is 3. The first-order valence-electron chi connectivity index (χ1n) is 19.6. The number of aromatic nitrogens is 5. The van der Waals surface area contributed by atoms with Crippen molar-refractivity contribution in [1.29, 1.82) is 0 Å². The van der Waals surface area contributed by atoms with Crippen LogP contribution in [0.5, 0.6) is 5.75 Å². The number of pyridine rings is 1. The molecule has 16 heteroatoms. The summed E-state index contributed by atoms with van der Waals surface area (Å²) in [5, 5.41) is 15.1. The molecule has 0 spiro atoms. The molecule has 3 saturated heterocycles. The van der Waals surface area contributed by atoms with Crippen LogP contribution in [0.4, 0.5) is 23.1 Å². The molecule has 3 amide bonds. The van der Waals surface area contributed by atoms with Crippen LogP contribution >= 0.6 is 11.6 Å². The van der Waals surface area contributed by atoms with Gasteiger partial charge in [0, 0.05) is 75.9 Å². The molecule has 3 aromatic heterocycles. The van der Waals surface area contributed by atoms with Crippen molar-refractivity contribution >= 4 is 74.3 Å². The Balaban J connectivity index is 0.850. The molecule has 0 radical (unpaired) electrons. The fraction of sp³-hybridized carbons (Fsp3) is 0.439. The number of hydrogen-bond donors (Lipinski definition) is 3. The van der Waals surface area contributed by atoms with Crippen LogP contribution in [-0.4, -0.2) is 81.9 Å². The minimum atomic E-state index is -0.407. The van der Waals surface area contributed by atoms with E-state index in [0.717, 1.165) is 79.5 Å². The lowest BCUT2D eigenvalue weighted by molar-refractivity contribution is -0.134. The van der Waals surface area contributed by atoms with E-state index in [1.165, 1.54) is 23.7 Å². The summed E-state index contributed by atoms with van der Waals surface area (Å²) in [5.41, 5.74) is 4.03. The molecule has 5 aromatic rings. The van der Waals surface area contributed by atoms with Gasteiger partial charge in [-0.05, 0) is 92.8 Å². The van der Waals surface area contributed by atoms with Gasteiger partial charge < -0.3 is 29.7 Å². The van der Waals surface area contributed by atoms with E-state index in [9.17, 15) is 19.2 Å². The zero-order valence-corrected chi connectivity index (χ0v) is 33.1. The summed E-state index contributed by atoms with van der Waals surface area (Å²) in [6, 6.07) is 13.6. The summed E-state index contributed by atoms with van der Waals surface area (Å²) >= 11 is 6.57. The number of amides is 3. The highest BCUT2D eigenvalue weighted by Gasteiger charge is 2.32. The van der Waals surface area contributed by atoms with Gasteiger partial charge in [0.1, 0.15) is 5.02 Å². The maximum Gasteiger partial charge on any atom is 0.293 e. The van der Waals surface area contributed by atoms with E-state index in [-0.39, 0.29) is 35.6 Å². The van der Waals surface area contributed by atoms with E-state index in [0.29, 0.717) is 47.0 Å². The van der Waals surface area contributed by atoms with Crippen molar-refractivity contribution in [3.05, 3.63) is 69.7 Å². The molecular weight excluding hydrogens is 748 g/mol. The summed E-state index contributed by atoms with van der Waals surface area (Å²) in [6.07, 6.45) is 8.12. The molecular formula is C41H47ClN10O5. The maximum absolute atomic E-state index is 12.8. The fourth-order valence-electron chi connectivity index (χ4n) is 8.53. The van der Waals surface area contributed by atoms with Crippen molar-refractivity contribution in [1.82, 2.24) is 34.9 Å². The van der Waals surface area contributed by atoms with Crippen LogP contribution in [0, 0.1) is 11.8 Å². The predicted molar refractivity (Wildman–Crippen MR) is 219 cm³/mol. The van der Waals surface area contributed by atoms with Crippen molar-refractivity contribution in [2.75, 3.05) is 55.0 Å². The summed E-state index contributed by atoms with van der Waals surface area (Å²) in [5.74, 6) is 1.34. The highest BCUT2D eigenvalue weighted by Crippen LogP contribution is 2.36. The SMILES string of the molecule is CNC(=O)COc1cc2cc(Nc3nc(N4CCC(CC5CCN(c6ccc7c(C8CCC(=O)NC8=O)nn(C)c7c6)CC5)CC4)ncc3Cl)ccc2n(C)c1=O. The minimum absolute atomic E-state index is 0.0885. The van der Waals surface area contributed by atoms with Gasteiger partial charge in [0.05, 0.1) is 28.8 Å². The lowest BCUT2D eigenvalue weighted by atomic mass is 9.82. The van der Waals surface area contributed by atoms with Crippen molar-refractivity contribution in [2.24, 2.45) is 25.9 Å². The number of piperidine rings is 3. The Morgan fingerprint density at radius 2 is 1.67 bits per heavy atom. The van der Waals surface area contributed by atoms with Crippen LogP contribution in [0.3, 0.4) is 0 Å². The standard InChI is InChI=1S/C41H47ClN10O5/c1-43-36(54)23-57-34-20-26-19-27(4-8-32(26)49(2)40(34)56)45-38-31(42)22-44-41(47-38)52-16-12-25(13-17-52)18-24-10-14-51(15-11-24)28-5-6-29-33(21-28)50(3)48-37(29)30-7-9-35(53)46-39(30)55/h4-6,8,19-22,24-25,30H,7,9-18,23H2,1-3H3,(H,43,54)(H,44,45,47)(H,46,53,55).